The molecule has 1 rings (SSSR count). The molecule has 0 saturated carbocycles. The van der Waals surface area contributed by atoms with Gasteiger partial charge in [-0.3, -0.25) is 0 Å². The van der Waals surface area contributed by atoms with Crippen molar-refractivity contribution in [1.29, 1.82) is 0 Å². The molecule has 0 saturated heterocycles. The minimum absolute atomic E-state index is 0.138. The maximum absolute atomic E-state index is 6.24. The van der Waals surface area contributed by atoms with Crippen molar-refractivity contribution in [1.82, 2.24) is 0 Å². The maximum atomic E-state index is 6.24. The molecule has 1 aromatic carbocycles. The van der Waals surface area contributed by atoms with Crippen LogP contribution in [-0.4, -0.2) is 25.5 Å². The Labute approximate surface area is 194 Å². The third-order valence-electron chi connectivity index (χ3n) is 3.59. The molecule has 0 spiro atoms. The van der Waals surface area contributed by atoms with E-state index in [2.05, 4.69) is 25.9 Å². The predicted molar refractivity (Wildman–Crippen MR) is 124 cm³/mol. The average Bonchev–Trinajstić information content (AvgIpc) is 2.57. The van der Waals surface area contributed by atoms with Gasteiger partial charge in [0.15, 0.2) is 5.75 Å². The molecule has 1 aromatic rings. The summed E-state index contributed by atoms with van der Waals surface area (Å²) in [5.41, 5.74) is 1.23. The SMILES string of the molecule is CC(CC(C)(C)C)=NOCCCCCOc1c(Cl)cc(OCC=C(Cl)Cl)cc1Cl. The summed E-state index contributed by atoms with van der Waals surface area (Å²) in [6.07, 6.45) is 5.16. The van der Waals surface area contributed by atoms with Gasteiger partial charge in [-0.2, -0.15) is 0 Å². The van der Waals surface area contributed by atoms with E-state index in [1.165, 1.54) is 6.08 Å². The molecule has 0 amide bonds. The van der Waals surface area contributed by atoms with Crippen LogP contribution in [-0.2, 0) is 4.84 Å². The first-order valence-electron chi connectivity index (χ1n) is 9.50. The van der Waals surface area contributed by atoms with Crippen molar-refractivity contribution < 1.29 is 14.3 Å². The van der Waals surface area contributed by atoms with Crippen LogP contribution in [0.25, 0.3) is 0 Å². The molecule has 0 heterocycles. The number of benzene rings is 1. The zero-order valence-corrected chi connectivity index (χ0v) is 20.4. The molecule has 0 aliphatic carbocycles. The van der Waals surface area contributed by atoms with Gasteiger partial charge < -0.3 is 14.3 Å². The van der Waals surface area contributed by atoms with Crippen LogP contribution in [0.5, 0.6) is 11.5 Å². The van der Waals surface area contributed by atoms with Crippen molar-refractivity contribution in [3.8, 4) is 11.5 Å². The number of halogens is 4. The lowest BCUT2D eigenvalue weighted by Crippen LogP contribution is -2.10. The summed E-state index contributed by atoms with van der Waals surface area (Å²) in [5.74, 6) is 0.961. The van der Waals surface area contributed by atoms with E-state index < -0.39 is 0 Å². The van der Waals surface area contributed by atoms with Gasteiger partial charge in [-0.1, -0.05) is 72.3 Å². The van der Waals surface area contributed by atoms with Crippen LogP contribution in [0.3, 0.4) is 0 Å². The van der Waals surface area contributed by atoms with Crippen molar-refractivity contribution in [2.24, 2.45) is 10.6 Å². The molecule has 164 valence electrons. The molecule has 29 heavy (non-hydrogen) atoms. The average molecular weight is 485 g/mol. The van der Waals surface area contributed by atoms with Crippen LogP contribution < -0.4 is 9.47 Å². The van der Waals surface area contributed by atoms with Gasteiger partial charge in [-0.15, -0.1) is 0 Å². The van der Waals surface area contributed by atoms with E-state index in [0.29, 0.717) is 34.8 Å². The standard InChI is InChI=1S/C21H29Cl4NO3/c1-15(14-21(2,3)4)26-29-10-7-5-6-9-28-20-17(22)12-16(13-18(20)23)27-11-8-19(24)25/h8,12-13H,5-7,9-11,14H2,1-4H3. The smallest absolute Gasteiger partial charge is 0.156 e. The monoisotopic (exact) mass is 483 g/mol. The van der Waals surface area contributed by atoms with E-state index in [9.17, 15) is 0 Å². The summed E-state index contributed by atoms with van der Waals surface area (Å²) in [6, 6.07) is 3.29. The molecule has 0 aromatic heterocycles. The molecule has 0 aliphatic heterocycles. The highest BCUT2D eigenvalue weighted by Gasteiger charge is 2.12. The molecule has 0 unspecified atom stereocenters. The second kappa shape index (κ2) is 13.5. The van der Waals surface area contributed by atoms with Gasteiger partial charge in [-0.05, 0) is 44.1 Å². The summed E-state index contributed by atoms with van der Waals surface area (Å²) in [5, 5.41) is 4.94. The van der Waals surface area contributed by atoms with Crippen LogP contribution in [0.15, 0.2) is 27.9 Å². The van der Waals surface area contributed by atoms with Crippen LogP contribution in [0.2, 0.25) is 10.0 Å². The fourth-order valence-electron chi connectivity index (χ4n) is 2.53. The molecule has 0 aliphatic rings. The lowest BCUT2D eigenvalue weighted by atomic mass is 9.90. The summed E-state index contributed by atoms with van der Waals surface area (Å²) in [4.78, 5) is 5.37. The van der Waals surface area contributed by atoms with Gasteiger partial charge in [0.1, 0.15) is 23.5 Å². The summed E-state index contributed by atoms with van der Waals surface area (Å²) in [6.45, 7) is 9.86. The third kappa shape index (κ3) is 12.5. The Morgan fingerprint density at radius 3 is 2.21 bits per heavy atom. The second-order valence-electron chi connectivity index (χ2n) is 7.83. The molecule has 0 atom stereocenters. The highest BCUT2D eigenvalue weighted by Crippen LogP contribution is 2.37. The quantitative estimate of drug-likeness (QED) is 0.171. The molecule has 0 radical (unpaired) electrons. The van der Waals surface area contributed by atoms with E-state index in [1.54, 1.807) is 12.1 Å². The van der Waals surface area contributed by atoms with Gasteiger partial charge in [-0.25, -0.2) is 0 Å². The maximum Gasteiger partial charge on any atom is 0.156 e. The Morgan fingerprint density at radius 1 is 1.00 bits per heavy atom. The van der Waals surface area contributed by atoms with Crippen molar-refractivity contribution in [3.05, 3.63) is 32.7 Å². The first-order chi connectivity index (χ1) is 13.6. The van der Waals surface area contributed by atoms with Crippen LogP contribution in [0.4, 0.5) is 0 Å². The number of hydrogen-bond donors (Lipinski definition) is 0. The van der Waals surface area contributed by atoms with E-state index in [1.807, 2.05) is 6.92 Å². The molecular weight excluding hydrogens is 456 g/mol. The Bertz CT molecular complexity index is 673. The van der Waals surface area contributed by atoms with E-state index in [4.69, 9.17) is 60.7 Å². The number of hydrogen-bond acceptors (Lipinski definition) is 4. The zero-order valence-electron chi connectivity index (χ0n) is 17.4. The van der Waals surface area contributed by atoms with E-state index >= 15 is 0 Å². The van der Waals surface area contributed by atoms with Gasteiger partial charge >= 0.3 is 0 Å². The fourth-order valence-corrected chi connectivity index (χ4v) is 3.24. The minimum Gasteiger partial charge on any atom is -0.490 e. The van der Waals surface area contributed by atoms with Crippen molar-refractivity contribution >= 4 is 52.1 Å². The molecule has 0 N–H and O–H groups in total. The van der Waals surface area contributed by atoms with Crippen molar-refractivity contribution in [3.63, 3.8) is 0 Å². The van der Waals surface area contributed by atoms with Crippen LogP contribution in [0.1, 0.15) is 53.4 Å². The number of ether oxygens (including phenoxy) is 2. The van der Waals surface area contributed by atoms with E-state index in [0.717, 1.165) is 31.4 Å². The zero-order chi connectivity index (χ0) is 21.9. The third-order valence-corrected chi connectivity index (χ3v) is 4.46. The lowest BCUT2D eigenvalue weighted by molar-refractivity contribution is 0.136. The van der Waals surface area contributed by atoms with Gasteiger partial charge in [0.2, 0.25) is 0 Å². The number of oxime groups is 1. The summed E-state index contributed by atoms with van der Waals surface area (Å²) >= 11 is 23.6. The molecule has 4 nitrogen and oxygen atoms in total. The van der Waals surface area contributed by atoms with E-state index in [-0.39, 0.29) is 16.5 Å². The predicted octanol–water partition coefficient (Wildman–Crippen LogP) is 8.07. The lowest BCUT2D eigenvalue weighted by Gasteiger charge is -2.16. The topological polar surface area (TPSA) is 40.0 Å². The summed E-state index contributed by atoms with van der Waals surface area (Å²) in [7, 11) is 0. The second-order valence-corrected chi connectivity index (χ2v) is 9.65. The number of unbranched alkanes of at least 4 members (excludes halogenated alkanes) is 2. The molecule has 8 heteroatoms. The van der Waals surface area contributed by atoms with Gasteiger partial charge in [0.05, 0.1) is 22.4 Å². The fraction of sp³-hybridized carbons (Fsp3) is 0.571. The highest BCUT2D eigenvalue weighted by atomic mass is 35.5. The molecule has 0 fully saturated rings. The largest absolute Gasteiger partial charge is 0.490 e. The Kier molecular flexibility index (Phi) is 12.2. The minimum atomic E-state index is 0.138. The Morgan fingerprint density at radius 2 is 1.62 bits per heavy atom. The first kappa shape index (κ1) is 26.2. The summed E-state index contributed by atoms with van der Waals surface area (Å²) < 4.78 is 11.3. The Hall–Kier alpha value is -0.810. The van der Waals surface area contributed by atoms with Gasteiger partial charge in [0, 0.05) is 12.1 Å². The molecular formula is C21H29Cl4NO3. The van der Waals surface area contributed by atoms with Crippen molar-refractivity contribution in [2.45, 2.75) is 53.4 Å². The highest BCUT2D eigenvalue weighted by molar-refractivity contribution is 6.55. The number of rotatable bonds is 12. The normalized spacial score (nSPS) is 11.9. The van der Waals surface area contributed by atoms with Crippen molar-refractivity contribution in [2.75, 3.05) is 19.8 Å². The Balaban J connectivity index is 2.29. The first-order valence-corrected chi connectivity index (χ1v) is 11.0. The van der Waals surface area contributed by atoms with Gasteiger partial charge in [0.25, 0.3) is 0 Å². The number of nitrogens with zero attached hydrogens (tertiary/aromatic N) is 1. The molecule has 0 bridgehead atoms. The van der Waals surface area contributed by atoms with Crippen LogP contribution in [0, 0.1) is 5.41 Å². The van der Waals surface area contributed by atoms with Crippen LogP contribution >= 0.6 is 46.4 Å².